The molecule has 35 heavy (non-hydrogen) atoms. The Balaban J connectivity index is 0.00000289. The maximum absolute atomic E-state index is 13.1. The Morgan fingerprint density at radius 1 is 1.09 bits per heavy atom. The highest BCUT2D eigenvalue weighted by molar-refractivity contribution is 6.31. The minimum Gasteiger partial charge on any atom is -0.361 e. The van der Waals surface area contributed by atoms with Gasteiger partial charge in [-0.2, -0.15) is 0 Å². The van der Waals surface area contributed by atoms with Crippen LogP contribution >= 0.6 is 24.0 Å². The molecule has 2 fully saturated rings. The summed E-state index contributed by atoms with van der Waals surface area (Å²) in [7, 11) is 4.36. The van der Waals surface area contributed by atoms with Crippen molar-refractivity contribution in [2.24, 2.45) is 0 Å². The number of nitrogens with one attached hydrogen (secondary N) is 1. The van der Waals surface area contributed by atoms with E-state index >= 15 is 0 Å². The van der Waals surface area contributed by atoms with Crippen LogP contribution in [0.5, 0.6) is 0 Å². The molecule has 1 aromatic heterocycles. The lowest BCUT2D eigenvalue weighted by Crippen LogP contribution is -2.43. The van der Waals surface area contributed by atoms with Crippen LogP contribution in [0.3, 0.4) is 0 Å². The fourth-order valence-corrected chi connectivity index (χ4v) is 6.17. The first-order valence-corrected chi connectivity index (χ1v) is 12.8. The van der Waals surface area contributed by atoms with E-state index in [-0.39, 0.29) is 23.9 Å². The van der Waals surface area contributed by atoms with Gasteiger partial charge in [-0.05, 0) is 87.9 Å². The van der Waals surface area contributed by atoms with Crippen molar-refractivity contribution in [3.8, 4) is 0 Å². The highest BCUT2D eigenvalue weighted by Crippen LogP contribution is 2.43. The second-order valence-corrected chi connectivity index (χ2v) is 10.6. The molecule has 1 saturated carbocycles. The molecule has 2 aromatic carbocycles. The van der Waals surface area contributed by atoms with Crippen LogP contribution in [-0.2, 0) is 10.3 Å². The standard InChI is InChI=1S/C29H34ClN3O.ClH/c1-32(2)29(23-6-4-3-5-7-23)14-10-21(11-15-29)18-28(34)33-16-12-22(13-17-33)26-20-31-27-9-8-24(30)19-25(26)27;/h3-9,18-20,22,31H,10-17H2,1-2H3;1H. The molecule has 0 atom stereocenters. The third kappa shape index (κ3) is 5.16. The summed E-state index contributed by atoms with van der Waals surface area (Å²) in [6.07, 6.45) is 10.1. The smallest absolute Gasteiger partial charge is 0.246 e. The van der Waals surface area contributed by atoms with Gasteiger partial charge in [0.25, 0.3) is 0 Å². The van der Waals surface area contributed by atoms with Crippen molar-refractivity contribution in [2.75, 3.05) is 27.2 Å². The SMILES string of the molecule is CN(C)C1(c2ccccc2)CCC(=CC(=O)N2CCC(c3c[nH]c4ccc(Cl)cc34)CC2)CC1.Cl. The molecule has 1 saturated heterocycles. The third-order valence-corrected chi connectivity index (χ3v) is 8.37. The van der Waals surface area contributed by atoms with Crippen LogP contribution in [0.2, 0.25) is 5.02 Å². The number of benzene rings is 2. The number of hydrogen-bond donors (Lipinski definition) is 1. The molecule has 1 amide bonds. The molecule has 0 bridgehead atoms. The van der Waals surface area contributed by atoms with Crippen molar-refractivity contribution < 1.29 is 4.79 Å². The molecular formula is C29H35Cl2N3O. The number of rotatable bonds is 4. The Labute approximate surface area is 219 Å². The number of carbonyl (C=O) groups excluding carboxylic acids is 1. The van der Waals surface area contributed by atoms with Crippen molar-refractivity contribution in [1.29, 1.82) is 0 Å². The third-order valence-electron chi connectivity index (χ3n) is 8.14. The summed E-state index contributed by atoms with van der Waals surface area (Å²) in [4.78, 5) is 20.9. The largest absolute Gasteiger partial charge is 0.361 e. The van der Waals surface area contributed by atoms with E-state index in [1.807, 2.05) is 23.1 Å². The van der Waals surface area contributed by atoms with E-state index in [2.05, 4.69) is 66.6 Å². The zero-order chi connectivity index (χ0) is 23.7. The number of carbonyl (C=O) groups is 1. The fourth-order valence-electron chi connectivity index (χ4n) is 6.00. The summed E-state index contributed by atoms with van der Waals surface area (Å²) in [5, 5.41) is 1.98. The molecule has 3 aromatic rings. The van der Waals surface area contributed by atoms with Crippen LogP contribution < -0.4 is 0 Å². The second-order valence-electron chi connectivity index (χ2n) is 10.1. The van der Waals surface area contributed by atoms with E-state index < -0.39 is 0 Å². The molecule has 2 heterocycles. The van der Waals surface area contributed by atoms with Gasteiger partial charge in [0, 0.05) is 46.8 Å². The molecule has 2 aliphatic rings. The number of likely N-dealkylation sites (tertiary alicyclic amines) is 1. The summed E-state index contributed by atoms with van der Waals surface area (Å²) in [5.74, 6) is 0.651. The predicted octanol–water partition coefficient (Wildman–Crippen LogP) is 6.91. The molecule has 1 aliphatic carbocycles. The van der Waals surface area contributed by atoms with E-state index in [1.54, 1.807) is 0 Å². The first-order valence-electron chi connectivity index (χ1n) is 12.4. The van der Waals surface area contributed by atoms with Gasteiger partial charge in [-0.25, -0.2) is 0 Å². The maximum atomic E-state index is 13.1. The first-order chi connectivity index (χ1) is 16.5. The number of fused-ring (bicyclic) bond motifs is 1. The molecule has 186 valence electrons. The van der Waals surface area contributed by atoms with E-state index in [0.29, 0.717) is 5.92 Å². The highest BCUT2D eigenvalue weighted by atomic mass is 35.5. The number of halogens is 2. The Morgan fingerprint density at radius 2 is 1.77 bits per heavy atom. The lowest BCUT2D eigenvalue weighted by Gasteiger charge is -2.44. The van der Waals surface area contributed by atoms with Gasteiger partial charge in [0.15, 0.2) is 0 Å². The van der Waals surface area contributed by atoms with Gasteiger partial charge in [0.2, 0.25) is 5.91 Å². The second kappa shape index (κ2) is 10.8. The van der Waals surface area contributed by atoms with Crippen molar-refractivity contribution in [3.63, 3.8) is 0 Å². The number of allylic oxidation sites excluding steroid dienone is 1. The maximum Gasteiger partial charge on any atom is 0.246 e. The molecular weight excluding hydrogens is 477 g/mol. The summed E-state index contributed by atoms with van der Waals surface area (Å²) >= 11 is 6.24. The van der Waals surface area contributed by atoms with E-state index in [1.165, 1.54) is 22.1 Å². The summed E-state index contributed by atoms with van der Waals surface area (Å²) in [6, 6.07) is 16.8. The molecule has 0 spiro atoms. The minimum atomic E-state index is 0. The average molecular weight is 513 g/mol. The van der Waals surface area contributed by atoms with Gasteiger partial charge in [0.1, 0.15) is 0 Å². The van der Waals surface area contributed by atoms with Crippen LogP contribution in [0.25, 0.3) is 10.9 Å². The number of aromatic amines is 1. The monoisotopic (exact) mass is 511 g/mol. The van der Waals surface area contributed by atoms with Gasteiger partial charge in [0.05, 0.1) is 0 Å². The molecule has 0 unspecified atom stereocenters. The van der Waals surface area contributed by atoms with Gasteiger partial charge in [-0.3, -0.25) is 9.69 Å². The first kappa shape index (κ1) is 25.8. The Morgan fingerprint density at radius 3 is 2.43 bits per heavy atom. The zero-order valence-electron chi connectivity index (χ0n) is 20.6. The minimum absolute atomic E-state index is 0. The molecule has 4 nitrogen and oxygen atoms in total. The van der Waals surface area contributed by atoms with Crippen molar-refractivity contribution >= 4 is 40.8 Å². The van der Waals surface area contributed by atoms with Crippen molar-refractivity contribution in [3.05, 3.63) is 82.5 Å². The number of hydrogen-bond acceptors (Lipinski definition) is 2. The number of H-pyrrole nitrogens is 1. The van der Waals surface area contributed by atoms with E-state index in [9.17, 15) is 4.79 Å². The van der Waals surface area contributed by atoms with E-state index in [0.717, 1.165) is 62.2 Å². The zero-order valence-corrected chi connectivity index (χ0v) is 22.2. The topological polar surface area (TPSA) is 39.3 Å². The quantitative estimate of drug-likeness (QED) is 0.386. The van der Waals surface area contributed by atoms with E-state index in [4.69, 9.17) is 11.6 Å². The van der Waals surface area contributed by atoms with Crippen molar-refractivity contribution in [1.82, 2.24) is 14.8 Å². The summed E-state index contributed by atoms with van der Waals surface area (Å²) < 4.78 is 0. The number of piperidine rings is 1. The highest BCUT2D eigenvalue weighted by Gasteiger charge is 2.37. The lowest BCUT2D eigenvalue weighted by molar-refractivity contribution is -0.127. The molecule has 5 rings (SSSR count). The lowest BCUT2D eigenvalue weighted by atomic mass is 9.74. The van der Waals surface area contributed by atoms with Crippen molar-refractivity contribution in [2.45, 2.75) is 50.0 Å². The average Bonchev–Trinajstić information content (AvgIpc) is 3.28. The summed E-state index contributed by atoms with van der Waals surface area (Å²) in [6.45, 7) is 1.62. The molecule has 6 heteroatoms. The predicted molar refractivity (Wildman–Crippen MR) is 147 cm³/mol. The number of nitrogens with zero attached hydrogens (tertiary/aromatic N) is 2. The Hall–Kier alpha value is -2.27. The van der Waals surface area contributed by atoms with Crippen LogP contribution in [0.15, 0.2) is 66.4 Å². The van der Waals surface area contributed by atoms with Crippen LogP contribution in [-0.4, -0.2) is 47.9 Å². The van der Waals surface area contributed by atoms with Gasteiger partial charge in [-0.1, -0.05) is 47.5 Å². The molecule has 0 radical (unpaired) electrons. The van der Waals surface area contributed by atoms with Gasteiger partial charge < -0.3 is 9.88 Å². The summed E-state index contributed by atoms with van der Waals surface area (Å²) in [5.41, 5.74) is 5.20. The van der Waals surface area contributed by atoms with Gasteiger partial charge >= 0.3 is 0 Å². The van der Waals surface area contributed by atoms with Gasteiger partial charge in [-0.15, -0.1) is 12.4 Å². The van der Waals surface area contributed by atoms with Crippen LogP contribution in [0.1, 0.15) is 55.6 Å². The Kier molecular flexibility index (Phi) is 7.95. The number of amides is 1. The Bertz CT molecular complexity index is 1180. The molecule has 1 aliphatic heterocycles. The fraction of sp³-hybridized carbons (Fsp3) is 0.414. The van der Waals surface area contributed by atoms with Crippen LogP contribution in [0.4, 0.5) is 0 Å². The molecule has 1 N–H and O–H groups in total. The normalized spacial score (nSPS) is 21.3. The number of aromatic nitrogens is 1. The van der Waals surface area contributed by atoms with Crippen LogP contribution in [0, 0.1) is 0 Å².